The summed E-state index contributed by atoms with van der Waals surface area (Å²) < 4.78 is 26.7. The van der Waals surface area contributed by atoms with Crippen LogP contribution in [0.1, 0.15) is 5.56 Å². The van der Waals surface area contributed by atoms with E-state index in [2.05, 4.69) is 5.92 Å². The van der Waals surface area contributed by atoms with E-state index in [1.807, 2.05) is 0 Å². The van der Waals surface area contributed by atoms with Gasteiger partial charge in [0, 0.05) is 6.26 Å². The van der Waals surface area contributed by atoms with Crippen molar-refractivity contribution in [2.75, 3.05) is 12.2 Å². The van der Waals surface area contributed by atoms with Gasteiger partial charge in [-0.2, -0.15) is 0 Å². The number of ether oxygens (including phenoxy) is 1. The van der Waals surface area contributed by atoms with E-state index in [0.29, 0.717) is 11.3 Å². The highest BCUT2D eigenvalue weighted by molar-refractivity contribution is 7.90. The van der Waals surface area contributed by atoms with E-state index in [1.54, 1.807) is 24.3 Å². The molecule has 0 bridgehead atoms. The Morgan fingerprint density at radius 1 is 1.43 bits per heavy atom. The van der Waals surface area contributed by atoms with Gasteiger partial charge in [-0.25, -0.2) is 8.42 Å². The smallest absolute Gasteiger partial charge is 0.188 e. The molecule has 0 saturated heterocycles. The molecule has 0 fully saturated rings. The normalized spacial score (nSPS) is 10.6. The third-order valence-electron chi connectivity index (χ3n) is 1.47. The van der Waals surface area contributed by atoms with Crippen LogP contribution in [0.3, 0.4) is 0 Å². The maximum absolute atomic E-state index is 10.8. The Morgan fingerprint density at radius 2 is 2.07 bits per heavy atom. The number of hydrogen-bond donors (Lipinski definition) is 0. The average molecular weight is 210 g/mol. The Labute approximate surface area is 83.6 Å². The van der Waals surface area contributed by atoms with Crippen LogP contribution in [-0.4, -0.2) is 20.6 Å². The largest absolute Gasteiger partial charge is 0.476 e. The molecule has 0 aliphatic heterocycles. The van der Waals surface area contributed by atoms with Crippen LogP contribution in [-0.2, 0) is 9.84 Å². The zero-order valence-electron chi connectivity index (χ0n) is 7.73. The van der Waals surface area contributed by atoms with Gasteiger partial charge in [0.15, 0.2) is 15.8 Å². The molecule has 0 heterocycles. The van der Waals surface area contributed by atoms with Crippen molar-refractivity contribution in [3.05, 3.63) is 29.8 Å². The Bertz CT molecular complexity index is 455. The third-order valence-corrected chi connectivity index (χ3v) is 2.02. The Balaban J connectivity index is 2.83. The van der Waals surface area contributed by atoms with Crippen LogP contribution < -0.4 is 4.74 Å². The van der Waals surface area contributed by atoms with Gasteiger partial charge >= 0.3 is 0 Å². The molecular weight excluding hydrogens is 200 g/mol. The molecule has 4 heteroatoms. The van der Waals surface area contributed by atoms with Gasteiger partial charge in [-0.3, -0.25) is 0 Å². The molecule has 14 heavy (non-hydrogen) atoms. The topological polar surface area (TPSA) is 43.4 Å². The van der Waals surface area contributed by atoms with Crippen molar-refractivity contribution in [2.24, 2.45) is 0 Å². The van der Waals surface area contributed by atoms with Gasteiger partial charge in [0.1, 0.15) is 5.75 Å². The summed E-state index contributed by atoms with van der Waals surface area (Å²) in [4.78, 5) is 0. The second-order valence-corrected chi connectivity index (χ2v) is 4.92. The van der Waals surface area contributed by atoms with Crippen molar-refractivity contribution in [1.29, 1.82) is 0 Å². The van der Waals surface area contributed by atoms with Crippen molar-refractivity contribution in [1.82, 2.24) is 0 Å². The monoisotopic (exact) mass is 210 g/mol. The lowest BCUT2D eigenvalue weighted by Crippen LogP contribution is -2.10. The van der Waals surface area contributed by atoms with Crippen LogP contribution in [0.25, 0.3) is 0 Å². The SMILES string of the molecule is C#Cc1ccccc1OCS(C)(=O)=O. The van der Waals surface area contributed by atoms with Crippen molar-refractivity contribution in [3.8, 4) is 18.1 Å². The molecule has 3 nitrogen and oxygen atoms in total. The van der Waals surface area contributed by atoms with Crippen LogP contribution >= 0.6 is 0 Å². The fraction of sp³-hybridized carbons (Fsp3) is 0.200. The molecule has 0 saturated carbocycles. The third kappa shape index (κ3) is 3.11. The average Bonchev–Trinajstić information content (AvgIpc) is 2.14. The first kappa shape index (κ1) is 10.6. The van der Waals surface area contributed by atoms with Gasteiger partial charge < -0.3 is 4.74 Å². The maximum Gasteiger partial charge on any atom is 0.188 e. The quantitative estimate of drug-likeness (QED) is 0.700. The minimum Gasteiger partial charge on any atom is -0.476 e. The maximum atomic E-state index is 10.8. The van der Waals surface area contributed by atoms with E-state index in [0.717, 1.165) is 6.26 Å². The minimum absolute atomic E-state index is 0.355. The minimum atomic E-state index is -3.14. The van der Waals surface area contributed by atoms with Crippen LogP contribution in [0.15, 0.2) is 24.3 Å². The molecule has 0 N–H and O–H groups in total. The van der Waals surface area contributed by atoms with Crippen molar-refractivity contribution in [3.63, 3.8) is 0 Å². The Kier molecular flexibility index (Phi) is 3.15. The van der Waals surface area contributed by atoms with Gasteiger partial charge in [-0.15, -0.1) is 6.42 Å². The number of hydrogen-bond acceptors (Lipinski definition) is 3. The van der Waals surface area contributed by atoms with Crippen LogP contribution in [0.4, 0.5) is 0 Å². The number of benzene rings is 1. The predicted octanol–water partition coefficient (Wildman–Crippen LogP) is 1.05. The molecule has 0 aliphatic carbocycles. The van der Waals surface area contributed by atoms with Crippen LogP contribution in [0.5, 0.6) is 5.75 Å². The summed E-state index contributed by atoms with van der Waals surface area (Å²) in [6.45, 7) is 0. The first-order valence-corrected chi connectivity index (χ1v) is 5.95. The fourth-order valence-electron chi connectivity index (χ4n) is 0.882. The van der Waals surface area contributed by atoms with Gasteiger partial charge in [-0.1, -0.05) is 18.1 Å². The predicted molar refractivity (Wildman–Crippen MR) is 54.7 cm³/mol. The lowest BCUT2D eigenvalue weighted by Gasteiger charge is -2.05. The number of para-hydroxylation sites is 1. The van der Waals surface area contributed by atoms with E-state index < -0.39 is 9.84 Å². The molecule has 1 rings (SSSR count). The molecule has 74 valence electrons. The van der Waals surface area contributed by atoms with Gasteiger partial charge in [0.05, 0.1) is 5.56 Å². The standard InChI is InChI=1S/C10H10O3S/c1-3-9-6-4-5-7-10(9)13-8-14(2,11)12/h1,4-7H,8H2,2H3. The number of sulfone groups is 1. The zero-order valence-corrected chi connectivity index (χ0v) is 8.54. The molecule has 0 atom stereocenters. The van der Waals surface area contributed by atoms with Crippen molar-refractivity contribution in [2.45, 2.75) is 0 Å². The molecular formula is C10H10O3S. The molecule has 0 aromatic heterocycles. The van der Waals surface area contributed by atoms with Crippen LogP contribution in [0.2, 0.25) is 0 Å². The Morgan fingerprint density at radius 3 is 2.64 bits per heavy atom. The highest BCUT2D eigenvalue weighted by Crippen LogP contribution is 2.16. The first-order chi connectivity index (χ1) is 6.53. The van der Waals surface area contributed by atoms with Crippen molar-refractivity contribution >= 4 is 9.84 Å². The lowest BCUT2D eigenvalue weighted by atomic mass is 10.2. The summed E-state index contributed by atoms with van der Waals surface area (Å²) in [5.41, 5.74) is 0.552. The second kappa shape index (κ2) is 4.16. The summed E-state index contributed by atoms with van der Waals surface area (Å²) in [6.07, 6.45) is 6.31. The summed E-state index contributed by atoms with van der Waals surface area (Å²) >= 11 is 0. The summed E-state index contributed by atoms with van der Waals surface area (Å²) in [7, 11) is -3.14. The molecule has 0 radical (unpaired) electrons. The lowest BCUT2D eigenvalue weighted by molar-refractivity contribution is 0.377. The van der Waals surface area contributed by atoms with Gasteiger partial charge in [-0.05, 0) is 12.1 Å². The van der Waals surface area contributed by atoms with E-state index in [1.165, 1.54) is 0 Å². The fourth-order valence-corrected chi connectivity index (χ4v) is 1.22. The summed E-state index contributed by atoms with van der Waals surface area (Å²) in [6, 6.07) is 6.83. The van der Waals surface area contributed by atoms with E-state index in [4.69, 9.17) is 11.2 Å². The van der Waals surface area contributed by atoms with Gasteiger partial charge in [0.2, 0.25) is 0 Å². The molecule has 0 spiro atoms. The molecule has 0 unspecified atom stereocenters. The molecule has 1 aromatic rings. The molecule has 1 aromatic carbocycles. The second-order valence-electron chi connectivity index (χ2n) is 2.83. The zero-order chi connectivity index (χ0) is 10.6. The van der Waals surface area contributed by atoms with Crippen molar-refractivity contribution < 1.29 is 13.2 Å². The molecule has 0 aliphatic rings. The van der Waals surface area contributed by atoms with E-state index in [-0.39, 0.29) is 5.94 Å². The highest BCUT2D eigenvalue weighted by atomic mass is 32.2. The summed E-state index contributed by atoms with van der Waals surface area (Å²) in [5, 5.41) is 0. The molecule has 0 amide bonds. The van der Waals surface area contributed by atoms with E-state index >= 15 is 0 Å². The highest BCUT2D eigenvalue weighted by Gasteiger charge is 2.05. The van der Waals surface area contributed by atoms with E-state index in [9.17, 15) is 8.42 Å². The van der Waals surface area contributed by atoms with Crippen LogP contribution in [0, 0.1) is 12.3 Å². The summed E-state index contributed by atoms with van der Waals surface area (Å²) in [5.74, 6) is 2.47. The van der Waals surface area contributed by atoms with Gasteiger partial charge in [0.25, 0.3) is 0 Å². The number of terminal acetylenes is 1. The number of rotatable bonds is 3. The first-order valence-electron chi connectivity index (χ1n) is 3.89. The Hall–Kier alpha value is -1.47.